The van der Waals surface area contributed by atoms with Crippen molar-refractivity contribution in [3.05, 3.63) is 0 Å². The Labute approximate surface area is 121 Å². The molecular formula is C15H28N2OS. The normalized spacial score (nSPS) is 27.3. The monoisotopic (exact) mass is 284 g/mol. The molecule has 2 aliphatic rings. The van der Waals surface area contributed by atoms with Gasteiger partial charge in [0.15, 0.2) is 0 Å². The average Bonchev–Trinajstić information content (AvgIpc) is 2.48. The lowest BCUT2D eigenvalue weighted by Gasteiger charge is -2.39. The lowest BCUT2D eigenvalue weighted by atomic mass is 9.71. The van der Waals surface area contributed by atoms with Crippen molar-refractivity contribution in [3.63, 3.8) is 0 Å². The van der Waals surface area contributed by atoms with Crippen LogP contribution in [0.2, 0.25) is 0 Å². The Hall–Kier alpha value is -0.220. The average molecular weight is 284 g/mol. The maximum absolute atomic E-state index is 12.6. The molecule has 0 radical (unpaired) electrons. The van der Waals surface area contributed by atoms with Crippen LogP contribution in [0.3, 0.4) is 0 Å². The van der Waals surface area contributed by atoms with E-state index in [1.54, 1.807) is 0 Å². The van der Waals surface area contributed by atoms with Gasteiger partial charge >= 0.3 is 0 Å². The Morgan fingerprint density at radius 3 is 2.74 bits per heavy atom. The van der Waals surface area contributed by atoms with Gasteiger partial charge in [-0.3, -0.25) is 4.79 Å². The minimum absolute atomic E-state index is 0.113. The van der Waals surface area contributed by atoms with E-state index in [4.69, 9.17) is 5.73 Å². The number of nitrogens with two attached hydrogens (primary N) is 1. The molecule has 0 aromatic heterocycles. The maximum atomic E-state index is 12.6. The largest absolute Gasteiger partial charge is 0.341 e. The van der Waals surface area contributed by atoms with E-state index < -0.39 is 0 Å². The quantitative estimate of drug-likeness (QED) is 0.863. The van der Waals surface area contributed by atoms with Gasteiger partial charge in [-0.2, -0.15) is 11.8 Å². The first kappa shape index (κ1) is 15.2. The first-order chi connectivity index (χ1) is 9.19. The number of nitrogens with zero attached hydrogens (tertiary/aromatic N) is 1. The van der Waals surface area contributed by atoms with Crippen LogP contribution in [0.5, 0.6) is 0 Å². The van der Waals surface area contributed by atoms with Crippen LogP contribution in [0.1, 0.15) is 51.9 Å². The molecule has 110 valence electrons. The first-order valence-electron chi connectivity index (χ1n) is 7.78. The number of amides is 1. The Morgan fingerprint density at radius 2 is 2.11 bits per heavy atom. The molecule has 1 saturated heterocycles. The van der Waals surface area contributed by atoms with Gasteiger partial charge in [0, 0.05) is 30.5 Å². The molecule has 1 aliphatic carbocycles. The Bertz CT molecular complexity index is 303. The molecule has 0 aromatic carbocycles. The third-order valence-electron chi connectivity index (χ3n) is 4.82. The summed E-state index contributed by atoms with van der Waals surface area (Å²) >= 11 is 2.02. The second-order valence-electron chi connectivity index (χ2n) is 6.18. The maximum Gasteiger partial charge on any atom is 0.223 e. The van der Waals surface area contributed by atoms with E-state index in [2.05, 4.69) is 11.8 Å². The summed E-state index contributed by atoms with van der Waals surface area (Å²) in [4.78, 5) is 14.6. The van der Waals surface area contributed by atoms with Crippen molar-refractivity contribution in [2.24, 2.45) is 11.1 Å². The van der Waals surface area contributed by atoms with Crippen LogP contribution in [0.15, 0.2) is 0 Å². The van der Waals surface area contributed by atoms with Crippen molar-refractivity contribution in [3.8, 4) is 0 Å². The Balaban J connectivity index is 1.91. The van der Waals surface area contributed by atoms with Gasteiger partial charge in [-0.1, -0.05) is 26.2 Å². The van der Waals surface area contributed by atoms with Crippen LogP contribution in [-0.4, -0.2) is 41.4 Å². The molecule has 2 N–H and O–H groups in total. The fraction of sp³-hybridized carbons (Fsp3) is 0.933. The van der Waals surface area contributed by atoms with Gasteiger partial charge in [-0.05, 0) is 31.2 Å². The van der Waals surface area contributed by atoms with Crippen molar-refractivity contribution in [2.45, 2.75) is 57.1 Å². The van der Waals surface area contributed by atoms with Crippen LogP contribution in [0.25, 0.3) is 0 Å². The third-order valence-corrected chi connectivity index (χ3v) is 6.19. The summed E-state index contributed by atoms with van der Waals surface area (Å²) in [6, 6.07) is 0. The molecule has 0 bridgehead atoms. The van der Waals surface area contributed by atoms with E-state index >= 15 is 0 Å². The molecule has 0 spiro atoms. The molecule has 1 heterocycles. The molecule has 3 nitrogen and oxygen atoms in total. The smallest absolute Gasteiger partial charge is 0.223 e. The van der Waals surface area contributed by atoms with Gasteiger partial charge in [-0.15, -0.1) is 0 Å². The summed E-state index contributed by atoms with van der Waals surface area (Å²) < 4.78 is 0. The number of hydrogen-bond donors (Lipinski definition) is 1. The summed E-state index contributed by atoms with van der Waals surface area (Å²) in [6.07, 6.45) is 7.95. The number of carbonyl (C=O) groups is 1. The van der Waals surface area contributed by atoms with E-state index in [0.717, 1.165) is 38.1 Å². The second kappa shape index (κ2) is 6.98. The van der Waals surface area contributed by atoms with Gasteiger partial charge in [-0.25, -0.2) is 0 Å². The molecule has 19 heavy (non-hydrogen) atoms. The summed E-state index contributed by atoms with van der Waals surface area (Å²) in [7, 11) is 0. The summed E-state index contributed by atoms with van der Waals surface area (Å²) in [5.41, 5.74) is 6.11. The lowest BCUT2D eigenvalue weighted by Crippen LogP contribution is -2.45. The molecule has 1 unspecified atom stereocenters. The molecule has 0 aromatic rings. The van der Waals surface area contributed by atoms with E-state index in [9.17, 15) is 4.79 Å². The zero-order valence-electron chi connectivity index (χ0n) is 12.2. The van der Waals surface area contributed by atoms with Crippen LogP contribution in [-0.2, 0) is 4.79 Å². The van der Waals surface area contributed by atoms with Crippen molar-refractivity contribution in [1.82, 2.24) is 4.90 Å². The predicted octanol–water partition coefficient (Wildman–Crippen LogP) is 2.64. The Kier molecular flexibility index (Phi) is 5.58. The topological polar surface area (TPSA) is 46.3 Å². The fourth-order valence-corrected chi connectivity index (χ4v) is 4.56. The highest BCUT2D eigenvalue weighted by atomic mass is 32.2. The SMILES string of the molecule is CCC1CN(C(=O)CC2(CN)CCCCC2)CCS1. The molecular weight excluding hydrogens is 256 g/mol. The summed E-state index contributed by atoms with van der Waals surface area (Å²) in [5.74, 6) is 1.45. The molecule has 2 rings (SSSR count). The van der Waals surface area contributed by atoms with Crippen molar-refractivity contribution in [2.75, 3.05) is 25.4 Å². The van der Waals surface area contributed by atoms with Gasteiger partial charge in [0.1, 0.15) is 0 Å². The zero-order valence-corrected chi connectivity index (χ0v) is 13.0. The van der Waals surface area contributed by atoms with Crippen LogP contribution in [0.4, 0.5) is 0 Å². The minimum atomic E-state index is 0.113. The van der Waals surface area contributed by atoms with E-state index in [0.29, 0.717) is 24.1 Å². The number of rotatable bonds is 4. The van der Waals surface area contributed by atoms with Crippen LogP contribution >= 0.6 is 11.8 Å². The lowest BCUT2D eigenvalue weighted by molar-refractivity contribution is -0.134. The molecule has 1 saturated carbocycles. The van der Waals surface area contributed by atoms with Crippen LogP contribution < -0.4 is 5.73 Å². The van der Waals surface area contributed by atoms with E-state index in [1.807, 2.05) is 11.8 Å². The molecule has 1 amide bonds. The van der Waals surface area contributed by atoms with Gasteiger partial charge in [0.05, 0.1) is 0 Å². The highest BCUT2D eigenvalue weighted by Gasteiger charge is 2.35. The van der Waals surface area contributed by atoms with Gasteiger partial charge in [0.25, 0.3) is 0 Å². The van der Waals surface area contributed by atoms with Gasteiger partial charge < -0.3 is 10.6 Å². The van der Waals surface area contributed by atoms with Crippen molar-refractivity contribution < 1.29 is 4.79 Å². The summed E-state index contributed by atoms with van der Waals surface area (Å²) in [6.45, 7) is 4.77. The fourth-order valence-electron chi connectivity index (χ4n) is 3.38. The Morgan fingerprint density at radius 1 is 1.37 bits per heavy atom. The van der Waals surface area contributed by atoms with Crippen LogP contribution in [0, 0.1) is 5.41 Å². The molecule has 4 heteroatoms. The zero-order chi connectivity index (χ0) is 13.7. The summed E-state index contributed by atoms with van der Waals surface area (Å²) in [5, 5.41) is 0.637. The highest BCUT2D eigenvalue weighted by molar-refractivity contribution is 8.00. The minimum Gasteiger partial charge on any atom is -0.341 e. The molecule has 2 fully saturated rings. The predicted molar refractivity (Wildman–Crippen MR) is 82.3 cm³/mol. The highest BCUT2D eigenvalue weighted by Crippen LogP contribution is 2.39. The van der Waals surface area contributed by atoms with Crippen molar-refractivity contribution in [1.29, 1.82) is 0 Å². The first-order valence-corrected chi connectivity index (χ1v) is 8.83. The third kappa shape index (κ3) is 3.88. The number of hydrogen-bond acceptors (Lipinski definition) is 3. The molecule has 1 aliphatic heterocycles. The van der Waals surface area contributed by atoms with Crippen molar-refractivity contribution >= 4 is 17.7 Å². The van der Waals surface area contributed by atoms with E-state index in [1.165, 1.54) is 19.3 Å². The van der Waals surface area contributed by atoms with E-state index in [-0.39, 0.29) is 5.41 Å². The standard InChI is InChI=1S/C15H28N2OS/c1-2-13-11-17(8-9-19-13)14(18)10-15(12-16)6-4-3-5-7-15/h13H,2-12,16H2,1H3. The number of thioether (sulfide) groups is 1. The second-order valence-corrected chi connectivity index (χ2v) is 7.59. The molecule has 1 atom stereocenters. The number of carbonyl (C=O) groups excluding carboxylic acids is 1. The van der Waals surface area contributed by atoms with Gasteiger partial charge in [0.2, 0.25) is 5.91 Å².